The standard InChI is InChI=1S/C35H27FN2O5/c1-42-23-15-16-25(28(19-23)43-2)32(40)29-30(31(39)21-11-13-22(36)14-12-21)38-18-17-20-7-3-4-8-24(20)33(38)35(29)26-9-5-6-10-27(26)37-34(35)41/h3-19,29-30,33H,1-2H3,(H,37,41). The Hall–Kier alpha value is -5.24. The average Bonchev–Trinajstić information content (AvgIpc) is 3.52. The van der Waals surface area contributed by atoms with E-state index in [0.717, 1.165) is 11.1 Å². The minimum absolute atomic E-state index is 0.221. The van der Waals surface area contributed by atoms with Crippen molar-refractivity contribution in [2.45, 2.75) is 17.5 Å². The van der Waals surface area contributed by atoms with E-state index < -0.39 is 40.8 Å². The molecule has 4 aromatic rings. The number of carbonyl (C=O) groups excluding carboxylic acids is 3. The number of ketones is 2. The number of nitrogens with one attached hydrogen (secondary N) is 1. The fraction of sp³-hybridized carbons (Fsp3) is 0.171. The molecule has 1 fully saturated rings. The van der Waals surface area contributed by atoms with E-state index in [1.165, 1.54) is 38.5 Å². The first-order valence-corrected chi connectivity index (χ1v) is 13.9. The van der Waals surface area contributed by atoms with E-state index in [1.54, 1.807) is 24.4 Å². The Morgan fingerprint density at radius 3 is 2.40 bits per heavy atom. The molecule has 4 unspecified atom stereocenters. The molecule has 214 valence electrons. The minimum atomic E-state index is -1.49. The van der Waals surface area contributed by atoms with Gasteiger partial charge in [0.2, 0.25) is 5.91 Å². The van der Waals surface area contributed by atoms with Crippen LogP contribution in [0.3, 0.4) is 0 Å². The van der Waals surface area contributed by atoms with Crippen LogP contribution in [0.5, 0.6) is 11.5 Å². The lowest BCUT2D eigenvalue weighted by atomic mass is 9.62. The highest BCUT2D eigenvalue weighted by Crippen LogP contribution is 2.62. The maximum atomic E-state index is 15.0. The molecule has 7 rings (SSSR count). The molecule has 43 heavy (non-hydrogen) atoms. The molecule has 0 radical (unpaired) electrons. The highest BCUT2D eigenvalue weighted by molar-refractivity contribution is 6.17. The number of benzene rings is 4. The number of amides is 1. The van der Waals surface area contributed by atoms with Crippen molar-refractivity contribution in [1.82, 2.24) is 4.90 Å². The van der Waals surface area contributed by atoms with Crippen LogP contribution in [0.4, 0.5) is 10.1 Å². The Labute approximate surface area is 247 Å². The third kappa shape index (κ3) is 3.75. The first-order chi connectivity index (χ1) is 20.9. The summed E-state index contributed by atoms with van der Waals surface area (Å²) in [5.41, 5.74) is 1.92. The number of carbonyl (C=O) groups is 3. The second-order valence-corrected chi connectivity index (χ2v) is 10.9. The zero-order chi connectivity index (χ0) is 29.9. The molecule has 1 amide bonds. The van der Waals surface area contributed by atoms with Crippen LogP contribution in [0.1, 0.15) is 43.4 Å². The van der Waals surface area contributed by atoms with Gasteiger partial charge in [-0.25, -0.2) is 4.39 Å². The van der Waals surface area contributed by atoms with E-state index in [0.29, 0.717) is 17.0 Å². The number of hydrogen-bond donors (Lipinski definition) is 1. The molecule has 3 heterocycles. The van der Waals surface area contributed by atoms with Crippen LogP contribution in [0, 0.1) is 11.7 Å². The second-order valence-electron chi connectivity index (χ2n) is 10.9. The normalized spacial score (nSPS) is 22.9. The van der Waals surface area contributed by atoms with Crippen LogP contribution in [0.15, 0.2) is 97.2 Å². The maximum absolute atomic E-state index is 15.0. The molecule has 1 saturated heterocycles. The van der Waals surface area contributed by atoms with Crippen molar-refractivity contribution in [1.29, 1.82) is 0 Å². The molecule has 1 spiro atoms. The second kappa shape index (κ2) is 9.94. The number of fused-ring (bicyclic) bond motifs is 6. The Bertz CT molecular complexity index is 1830. The summed E-state index contributed by atoms with van der Waals surface area (Å²) in [5, 5.41) is 3.03. The largest absolute Gasteiger partial charge is 0.497 e. The quantitative estimate of drug-likeness (QED) is 0.292. The van der Waals surface area contributed by atoms with Gasteiger partial charge in [-0.3, -0.25) is 14.4 Å². The lowest BCUT2D eigenvalue weighted by Gasteiger charge is -2.38. The number of rotatable bonds is 6. The van der Waals surface area contributed by atoms with Crippen LogP contribution in [0.25, 0.3) is 6.08 Å². The summed E-state index contributed by atoms with van der Waals surface area (Å²) in [5.74, 6) is -2.10. The predicted octanol–water partition coefficient (Wildman–Crippen LogP) is 5.82. The van der Waals surface area contributed by atoms with Gasteiger partial charge in [0.25, 0.3) is 0 Å². The van der Waals surface area contributed by atoms with Crippen molar-refractivity contribution in [2.75, 3.05) is 19.5 Å². The van der Waals surface area contributed by atoms with E-state index in [1.807, 2.05) is 59.5 Å². The van der Waals surface area contributed by atoms with E-state index in [-0.39, 0.29) is 22.8 Å². The van der Waals surface area contributed by atoms with Gasteiger partial charge in [0.05, 0.1) is 31.7 Å². The molecular formula is C35H27FN2O5. The third-order valence-electron chi connectivity index (χ3n) is 8.92. The van der Waals surface area contributed by atoms with Gasteiger partial charge in [0, 0.05) is 23.5 Å². The van der Waals surface area contributed by atoms with E-state index in [2.05, 4.69) is 5.32 Å². The fourth-order valence-electron chi connectivity index (χ4n) is 7.12. The van der Waals surface area contributed by atoms with Crippen LogP contribution >= 0.6 is 0 Å². The number of anilines is 1. The van der Waals surface area contributed by atoms with E-state index in [9.17, 15) is 14.0 Å². The molecule has 7 nitrogen and oxygen atoms in total. The van der Waals surface area contributed by atoms with Crippen molar-refractivity contribution < 1.29 is 28.2 Å². The van der Waals surface area contributed by atoms with Crippen LogP contribution in [-0.2, 0) is 10.2 Å². The highest BCUT2D eigenvalue weighted by Gasteiger charge is 2.70. The summed E-state index contributed by atoms with van der Waals surface area (Å²) in [4.78, 5) is 46.0. The number of Topliss-reactive ketones (excluding diaryl/α,β-unsaturated/α-hetero) is 2. The van der Waals surface area contributed by atoms with Gasteiger partial charge in [0.1, 0.15) is 28.8 Å². The average molecular weight is 575 g/mol. The lowest BCUT2D eigenvalue weighted by molar-refractivity contribution is -0.122. The van der Waals surface area contributed by atoms with Crippen LogP contribution in [-0.4, -0.2) is 42.6 Å². The molecule has 0 bridgehead atoms. The molecule has 0 aromatic heterocycles. The van der Waals surface area contributed by atoms with E-state index >= 15 is 4.79 Å². The predicted molar refractivity (Wildman–Crippen MR) is 159 cm³/mol. The minimum Gasteiger partial charge on any atom is -0.497 e. The van der Waals surface area contributed by atoms with Crippen LogP contribution in [0.2, 0.25) is 0 Å². The summed E-state index contributed by atoms with van der Waals surface area (Å²) in [7, 11) is 2.97. The number of para-hydroxylation sites is 1. The third-order valence-corrected chi connectivity index (χ3v) is 8.92. The number of hydrogen-bond acceptors (Lipinski definition) is 6. The van der Waals surface area contributed by atoms with Gasteiger partial charge >= 0.3 is 0 Å². The van der Waals surface area contributed by atoms with Gasteiger partial charge in [0.15, 0.2) is 11.6 Å². The van der Waals surface area contributed by atoms with Crippen molar-refractivity contribution in [2.24, 2.45) is 5.92 Å². The van der Waals surface area contributed by atoms with Crippen molar-refractivity contribution >= 4 is 29.2 Å². The molecule has 3 aliphatic heterocycles. The molecule has 1 N–H and O–H groups in total. The number of nitrogens with zero attached hydrogens (tertiary/aromatic N) is 1. The highest BCUT2D eigenvalue weighted by atomic mass is 19.1. The number of halogens is 1. The Morgan fingerprint density at radius 2 is 1.63 bits per heavy atom. The summed E-state index contributed by atoms with van der Waals surface area (Å²) in [6.45, 7) is 0. The Kier molecular flexibility index (Phi) is 6.16. The van der Waals surface area contributed by atoms with Gasteiger partial charge in [-0.2, -0.15) is 0 Å². The molecule has 4 atom stereocenters. The molecule has 3 aliphatic rings. The van der Waals surface area contributed by atoms with Crippen molar-refractivity contribution in [3.8, 4) is 11.5 Å². The summed E-state index contributed by atoms with van der Waals surface area (Å²) in [6.07, 6.45) is 3.69. The molecule has 0 aliphatic carbocycles. The van der Waals surface area contributed by atoms with Gasteiger partial charge < -0.3 is 19.7 Å². The smallest absolute Gasteiger partial charge is 0.238 e. The van der Waals surface area contributed by atoms with Gasteiger partial charge in [-0.1, -0.05) is 42.5 Å². The summed E-state index contributed by atoms with van der Waals surface area (Å²) < 4.78 is 24.9. The molecule has 0 saturated carbocycles. The van der Waals surface area contributed by atoms with Crippen LogP contribution < -0.4 is 14.8 Å². The molecular weight excluding hydrogens is 547 g/mol. The SMILES string of the molecule is COc1ccc(C(=O)C2C(C(=O)c3ccc(F)cc3)N3C=Cc4ccccc4C3C23C(=O)Nc2ccccc23)c(OC)c1. The molecule has 8 heteroatoms. The zero-order valence-electron chi connectivity index (χ0n) is 23.4. The Balaban J connectivity index is 1.54. The monoisotopic (exact) mass is 574 g/mol. The number of methoxy groups -OCH3 is 2. The van der Waals surface area contributed by atoms with Crippen molar-refractivity contribution in [3.63, 3.8) is 0 Å². The Morgan fingerprint density at radius 1 is 0.884 bits per heavy atom. The summed E-state index contributed by atoms with van der Waals surface area (Å²) in [6, 6.07) is 23.3. The fourth-order valence-corrected chi connectivity index (χ4v) is 7.12. The summed E-state index contributed by atoms with van der Waals surface area (Å²) >= 11 is 0. The maximum Gasteiger partial charge on any atom is 0.238 e. The van der Waals surface area contributed by atoms with Gasteiger partial charge in [-0.05, 0) is 65.2 Å². The number of ether oxygens (including phenoxy) is 2. The lowest BCUT2D eigenvalue weighted by Crippen LogP contribution is -2.49. The van der Waals surface area contributed by atoms with E-state index in [4.69, 9.17) is 9.47 Å². The topological polar surface area (TPSA) is 84.9 Å². The first kappa shape index (κ1) is 26.6. The van der Waals surface area contributed by atoms with Crippen molar-refractivity contribution in [3.05, 3.63) is 131 Å². The molecule has 4 aromatic carbocycles. The zero-order valence-corrected chi connectivity index (χ0v) is 23.4. The first-order valence-electron chi connectivity index (χ1n) is 13.9. The van der Waals surface area contributed by atoms with Gasteiger partial charge in [-0.15, -0.1) is 0 Å².